The van der Waals surface area contributed by atoms with Crippen LogP contribution in [0, 0.1) is 11.8 Å². The molecule has 5 nitrogen and oxygen atoms in total. The molecule has 0 saturated carbocycles. The third-order valence-corrected chi connectivity index (χ3v) is 4.49. The standard InChI is InChI=1S/C18H30N4O/c1-13(2)10-16(11-19)21-18(23)15-4-5-17(20-12-15)22-8-6-14(3)7-9-22/h4-5,12-14,16H,6-11,19H2,1-3H3,(H,21,23). The smallest absolute Gasteiger partial charge is 0.253 e. The van der Waals surface area contributed by atoms with Crippen LogP contribution in [0.1, 0.15) is 50.4 Å². The van der Waals surface area contributed by atoms with Crippen molar-refractivity contribution in [3.63, 3.8) is 0 Å². The van der Waals surface area contributed by atoms with E-state index in [2.05, 4.69) is 36.0 Å². The lowest BCUT2D eigenvalue weighted by atomic mass is 9.99. The molecule has 0 radical (unpaired) electrons. The lowest BCUT2D eigenvalue weighted by Gasteiger charge is -2.31. The summed E-state index contributed by atoms with van der Waals surface area (Å²) in [4.78, 5) is 19.1. The highest BCUT2D eigenvalue weighted by atomic mass is 16.1. The number of amides is 1. The molecule has 2 heterocycles. The molecule has 1 saturated heterocycles. The summed E-state index contributed by atoms with van der Waals surface area (Å²) in [7, 11) is 0. The van der Waals surface area contributed by atoms with Gasteiger partial charge in [0.25, 0.3) is 5.91 Å². The van der Waals surface area contributed by atoms with E-state index in [9.17, 15) is 4.79 Å². The van der Waals surface area contributed by atoms with Crippen molar-refractivity contribution in [2.24, 2.45) is 17.6 Å². The molecule has 1 aliphatic rings. The molecule has 0 aliphatic carbocycles. The molecule has 1 aliphatic heterocycles. The number of aromatic nitrogens is 1. The van der Waals surface area contributed by atoms with Gasteiger partial charge in [-0.05, 0) is 43.2 Å². The molecule has 1 atom stereocenters. The van der Waals surface area contributed by atoms with Gasteiger partial charge in [0.15, 0.2) is 0 Å². The topological polar surface area (TPSA) is 71.2 Å². The average molecular weight is 318 g/mol. The minimum absolute atomic E-state index is 0.0192. The first kappa shape index (κ1) is 17.7. The third-order valence-electron chi connectivity index (χ3n) is 4.49. The predicted octanol–water partition coefficient (Wildman–Crippen LogP) is 2.42. The van der Waals surface area contributed by atoms with E-state index in [0.29, 0.717) is 18.0 Å². The molecule has 128 valence electrons. The quantitative estimate of drug-likeness (QED) is 0.845. The molecule has 0 spiro atoms. The largest absolute Gasteiger partial charge is 0.357 e. The summed E-state index contributed by atoms with van der Waals surface area (Å²) < 4.78 is 0. The van der Waals surface area contributed by atoms with Gasteiger partial charge in [-0.2, -0.15) is 0 Å². The van der Waals surface area contributed by atoms with E-state index in [1.165, 1.54) is 12.8 Å². The van der Waals surface area contributed by atoms with Crippen molar-refractivity contribution in [1.82, 2.24) is 10.3 Å². The van der Waals surface area contributed by atoms with Gasteiger partial charge in [-0.3, -0.25) is 4.79 Å². The molecular formula is C18H30N4O. The van der Waals surface area contributed by atoms with Crippen LogP contribution in [0.15, 0.2) is 18.3 Å². The Labute approximate surface area is 139 Å². The van der Waals surface area contributed by atoms with Crippen LogP contribution in [0.3, 0.4) is 0 Å². The minimum Gasteiger partial charge on any atom is -0.357 e. The van der Waals surface area contributed by atoms with E-state index < -0.39 is 0 Å². The van der Waals surface area contributed by atoms with Crippen LogP contribution >= 0.6 is 0 Å². The van der Waals surface area contributed by atoms with Crippen molar-refractivity contribution in [3.8, 4) is 0 Å². The Morgan fingerprint density at radius 1 is 1.39 bits per heavy atom. The lowest BCUT2D eigenvalue weighted by molar-refractivity contribution is 0.0933. The van der Waals surface area contributed by atoms with E-state index in [-0.39, 0.29) is 11.9 Å². The van der Waals surface area contributed by atoms with Gasteiger partial charge in [0, 0.05) is 31.9 Å². The molecule has 1 amide bonds. The fourth-order valence-electron chi connectivity index (χ4n) is 3.00. The van der Waals surface area contributed by atoms with Crippen LogP contribution in [0.2, 0.25) is 0 Å². The highest BCUT2D eigenvalue weighted by Crippen LogP contribution is 2.21. The third kappa shape index (κ3) is 5.20. The van der Waals surface area contributed by atoms with Crippen molar-refractivity contribution in [2.45, 2.75) is 46.1 Å². The molecule has 5 heteroatoms. The zero-order valence-corrected chi connectivity index (χ0v) is 14.6. The van der Waals surface area contributed by atoms with Crippen molar-refractivity contribution in [2.75, 3.05) is 24.5 Å². The van der Waals surface area contributed by atoms with Crippen LogP contribution in [0.25, 0.3) is 0 Å². The normalized spacial score (nSPS) is 17.3. The molecule has 1 unspecified atom stereocenters. The number of nitrogens with one attached hydrogen (secondary N) is 1. The van der Waals surface area contributed by atoms with Crippen LogP contribution in [-0.2, 0) is 0 Å². The second-order valence-corrected chi connectivity index (χ2v) is 7.11. The minimum atomic E-state index is -0.0904. The molecule has 1 fully saturated rings. The molecule has 0 aromatic carbocycles. The van der Waals surface area contributed by atoms with Gasteiger partial charge >= 0.3 is 0 Å². The summed E-state index contributed by atoms with van der Waals surface area (Å²) in [6, 6.07) is 3.83. The van der Waals surface area contributed by atoms with Crippen LogP contribution < -0.4 is 16.0 Å². The molecule has 23 heavy (non-hydrogen) atoms. The Bertz CT molecular complexity index is 492. The summed E-state index contributed by atoms with van der Waals surface area (Å²) in [5.41, 5.74) is 6.34. The fraction of sp³-hybridized carbons (Fsp3) is 0.667. The highest BCUT2D eigenvalue weighted by molar-refractivity contribution is 5.94. The Kier molecular flexibility index (Phi) is 6.39. The monoisotopic (exact) mass is 318 g/mol. The second-order valence-electron chi connectivity index (χ2n) is 7.11. The van der Waals surface area contributed by atoms with Crippen LogP contribution in [0.5, 0.6) is 0 Å². The molecular weight excluding hydrogens is 288 g/mol. The average Bonchev–Trinajstić information content (AvgIpc) is 2.54. The van der Waals surface area contributed by atoms with Gasteiger partial charge in [-0.1, -0.05) is 20.8 Å². The number of carbonyl (C=O) groups is 1. The van der Waals surface area contributed by atoms with Crippen molar-refractivity contribution >= 4 is 11.7 Å². The van der Waals surface area contributed by atoms with Crippen LogP contribution in [-0.4, -0.2) is 36.6 Å². The summed E-state index contributed by atoms with van der Waals surface area (Å²) >= 11 is 0. The summed E-state index contributed by atoms with van der Waals surface area (Å²) in [6.45, 7) is 9.10. The van der Waals surface area contributed by atoms with E-state index in [1.807, 2.05) is 12.1 Å². The predicted molar refractivity (Wildman–Crippen MR) is 94.6 cm³/mol. The number of hydrogen-bond acceptors (Lipinski definition) is 4. The van der Waals surface area contributed by atoms with Gasteiger partial charge in [0.2, 0.25) is 0 Å². The number of nitrogens with two attached hydrogens (primary N) is 1. The Balaban J connectivity index is 1.94. The van der Waals surface area contributed by atoms with E-state index in [0.717, 1.165) is 31.2 Å². The first-order valence-corrected chi connectivity index (χ1v) is 8.71. The number of carbonyl (C=O) groups excluding carboxylic acids is 1. The van der Waals surface area contributed by atoms with Crippen LogP contribution in [0.4, 0.5) is 5.82 Å². The zero-order chi connectivity index (χ0) is 16.8. The number of rotatable bonds is 6. The number of hydrogen-bond donors (Lipinski definition) is 2. The SMILES string of the molecule is CC(C)CC(CN)NC(=O)c1ccc(N2CCC(C)CC2)nc1. The van der Waals surface area contributed by atoms with Crippen molar-refractivity contribution in [1.29, 1.82) is 0 Å². The maximum Gasteiger partial charge on any atom is 0.253 e. The summed E-state index contributed by atoms with van der Waals surface area (Å²) in [5, 5.41) is 3.00. The maximum atomic E-state index is 12.3. The summed E-state index contributed by atoms with van der Waals surface area (Å²) in [5.74, 6) is 2.18. The van der Waals surface area contributed by atoms with Crippen molar-refractivity contribution < 1.29 is 4.79 Å². The van der Waals surface area contributed by atoms with Gasteiger partial charge < -0.3 is 16.0 Å². The highest BCUT2D eigenvalue weighted by Gasteiger charge is 2.18. The van der Waals surface area contributed by atoms with Crippen molar-refractivity contribution in [3.05, 3.63) is 23.9 Å². The van der Waals surface area contributed by atoms with E-state index >= 15 is 0 Å². The molecule has 0 bridgehead atoms. The molecule has 1 aromatic heterocycles. The fourth-order valence-corrected chi connectivity index (χ4v) is 3.00. The van der Waals surface area contributed by atoms with Gasteiger partial charge in [0.05, 0.1) is 5.56 Å². The maximum absolute atomic E-state index is 12.3. The lowest BCUT2D eigenvalue weighted by Crippen LogP contribution is -2.41. The number of piperidine rings is 1. The summed E-state index contributed by atoms with van der Waals surface area (Å²) in [6.07, 6.45) is 4.97. The number of anilines is 1. The first-order valence-electron chi connectivity index (χ1n) is 8.71. The molecule has 1 aromatic rings. The Morgan fingerprint density at radius 2 is 2.09 bits per heavy atom. The molecule has 2 rings (SSSR count). The first-order chi connectivity index (χ1) is 11.0. The van der Waals surface area contributed by atoms with E-state index in [4.69, 9.17) is 5.73 Å². The second kappa shape index (κ2) is 8.29. The zero-order valence-electron chi connectivity index (χ0n) is 14.6. The number of nitrogens with zero attached hydrogens (tertiary/aromatic N) is 2. The Hall–Kier alpha value is -1.62. The van der Waals surface area contributed by atoms with Gasteiger partial charge in [0.1, 0.15) is 5.82 Å². The van der Waals surface area contributed by atoms with E-state index in [1.54, 1.807) is 6.20 Å². The number of pyridine rings is 1. The van der Waals surface area contributed by atoms with Gasteiger partial charge in [-0.15, -0.1) is 0 Å². The molecule has 3 N–H and O–H groups in total. The van der Waals surface area contributed by atoms with Gasteiger partial charge in [-0.25, -0.2) is 4.98 Å². The Morgan fingerprint density at radius 3 is 2.61 bits per heavy atom.